The highest BCUT2D eigenvalue weighted by atomic mass is 19.1. The second kappa shape index (κ2) is 3.65. The minimum Gasteiger partial charge on any atom is -0.391 e. The maximum atomic E-state index is 13.0. The quantitative estimate of drug-likeness (QED) is 0.699. The number of benzene rings is 1. The number of rotatable bonds is 2. The van der Waals surface area contributed by atoms with Gasteiger partial charge in [0.25, 0.3) is 0 Å². The fourth-order valence-electron chi connectivity index (χ4n) is 1.01. The number of hydrogen-bond acceptors (Lipinski definition) is 2. The van der Waals surface area contributed by atoms with Crippen molar-refractivity contribution in [2.45, 2.75) is 19.1 Å². The Morgan fingerprint density at radius 3 is 2.50 bits per heavy atom. The van der Waals surface area contributed by atoms with Gasteiger partial charge in [0.05, 0.1) is 12.1 Å². The van der Waals surface area contributed by atoms with Gasteiger partial charge in [-0.15, -0.1) is 0 Å². The van der Waals surface area contributed by atoms with Gasteiger partial charge in [-0.25, -0.2) is 4.39 Å². The molecule has 3 N–H and O–H groups in total. The number of aliphatic hydroxyl groups is 1. The van der Waals surface area contributed by atoms with Crippen molar-refractivity contribution in [3.8, 4) is 0 Å². The molecule has 0 aliphatic carbocycles. The van der Waals surface area contributed by atoms with Gasteiger partial charge in [-0.3, -0.25) is 0 Å². The highest BCUT2D eigenvalue weighted by Gasteiger charge is 2.14. The van der Waals surface area contributed by atoms with Crippen LogP contribution in [0.25, 0.3) is 0 Å². The highest BCUT2D eigenvalue weighted by molar-refractivity contribution is 5.21. The summed E-state index contributed by atoms with van der Waals surface area (Å²) >= 11 is 0. The van der Waals surface area contributed by atoms with Gasteiger partial charge in [-0.05, 0) is 13.0 Å². The summed E-state index contributed by atoms with van der Waals surface area (Å²) in [4.78, 5) is 0. The topological polar surface area (TPSA) is 46.2 Å². The maximum Gasteiger partial charge on any atom is 0.128 e. The minimum absolute atomic E-state index is 0.354. The van der Waals surface area contributed by atoms with Crippen molar-refractivity contribution in [1.29, 1.82) is 0 Å². The van der Waals surface area contributed by atoms with E-state index >= 15 is 0 Å². The van der Waals surface area contributed by atoms with Crippen LogP contribution in [0.15, 0.2) is 24.3 Å². The van der Waals surface area contributed by atoms with Gasteiger partial charge in [-0.1, -0.05) is 18.2 Å². The molecule has 1 aromatic carbocycles. The standard InChI is InChI=1S/C9H12FNO/c1-6(12)9(11)7-4-2-3-5-8(7)10/h2-6,9,12H,11H2,1H3/t6-,9+/m1/s1. The fraction of sp³-hybridized carbons (Fsp3) is 0.333. The van der Waals surface area contributed by atoms with Crippen molar-refractivity contribution in [1.82, 2.24) is 0 Å². The van der Waals surface area contributed by atoms with Gasteiger partial charge in [0, 0.05) is 5.56 Å². The molecule has 3 heteroatoms. The van der Waals surface area contributed by atoms with Crippen LogP contribution in [0.2, 0.25) is 0 Å². The molecule has 2 nitrogen and oxygen atoms in total. The van der Waals surface area contributed by atoms with Crippen LogP contribution in [0.3, 0.4) is 0 Å². The molecular weight excluding hydrogens is 157 g/mol. The van der Waals surface area contributed by atoms with Crippen molar-refractivity contribution in [2.24, 2.45) is 5.73 Å². The molecular formula is C9H12FNO. The lowest BCUT2D eigenvalue weighted by molar-refractivity contribution is 0.162. The Morgan fingerprint density at radius 2 is 2.00 bits per heavy atom. The molecule has 0 aliphatic rings. The van der Waals surface area contributed by atoms with E-state index in [9.17, 15) is 4.39 Å². The van der Waals surface area contributed by atoms with E-state index in [2.05, 4.69) is 0 Å². The van der Waals surface area contributed by atoms with Crippen molar-refractivity contribution in [2.75, 3.05) is 0 Å². The third kappa shape index (κ3) is 1.81. The monoisotopic (exact) mass is 169 g/mol. The van der Waals surface area contributed by atoms with Crippen LogP contribution in [-0.2, 0) is 0 Å². The summed E-state index contributed by atoms with van der Waals surface area (Å²) in [5.41, 5.74) is 5.90. The summed E-state index contributed by atoms with van der Waals surface area (Å²) in [5, 5.41) is 9.11. The number of hydrogen-bond donors (Lipinski definition) is 2. The van der Waals surface area contributed by atoms with Crippen LogP contribution in [0.5, 0.6) is 0 Å². The molecule has 0 heterocycles. The Kier molecular flexibility index (Phi) is 2.78. The van der Waals surface area contributed by atoms with Crippen molar-refractivity contribution < 1.29 is 9.50 Å². The molecule has 12 heavy (non-hydrogen) atoms. The first-order chi connectivity index (χ1) is 5.63. The Balaban J connectivity index is 2.94. The molecule has 1 rings (SSSR count). The van der Waals surface area contributed by atoms with E-state index in [1.807, 2.05) is 0 Å². The van der Waals surface area contributed by atoms with Crippen molar-refractivity contribution >= 4 is 0 Å². The largest absolute Gasteiger partial charge is 0.391 e. The Hall–Kier alpha value is -0.930. The van der Waals surface area contributed by atoms with E-state index < -0.39 is 12.1 Å². The van der Waals surface area contributed by atoms with E-state index in [0.717, 1.165) is 0 Å². The zero-order valence-corrected chi connectivity index (χ0v) is 6.87. The zero-order valence-electron chi connectivity index (χ0n) is 6.87. The van der Waals surface area contributed by atoms with Gasteiger partial charge in [0.15, 0.2) is 0 Å². The molecule has 0 bridgehead atoms. The third-order valence-electron chi connectivity index (χ3n) is 1.78. The van der Waals surface area contributed by atoms with E-state index in [1.165, 1.54) is 13.0 Å². The van der Waals surface area contributed by atoms with Gasteiger partial charge >= 0.3 is 0 Å². The Morgan fingerprint density at radius 1 is 1.42 bits per heavy atom. The molecule has 0 aliphatic heterocycles. The summed E-state index contributed by atoms with van der Waals surface area (Å²) in [6.45, 7) is 1.54. The summed E-state index contributed by atoms with van der Waals surface area (Å²) in [7, 11) is 0. The van der Waals surface area contributed by atoms with E-state index in [0.29, 0.717) is 5.56 Å². The third-order valence-corrected chi connectivity index (χ3v) is 1.78. The van der Waals surface area contributed by atoms with Crippen LogP contribution >= 0.6 is 0 Å². The van der Waals surface area contributed by atoms with Gasteiger partial charge < -0.3 is 10.8 Å². The lowest BCUT2D eigenvalue weighted by Crippen LogP contribution is -2.24. The predicted molar refractivity (Wildman–Crippen MR) is 45.0 cm³/mol. The van der Waals surface area contributed by atoms with Gasteiger partial charge in [0.2, 0.25) is 0 Å². The molecule has 2 atom stereocenters. The van der Waals surface area contributed by atoms with Crippen LogP contribution in [0.4, 0.5) is 4.39 Å². The second-order valence-electron chi connectivity index (χ2n) is 2.79. The number of aliphatic hydroxyl groups excluding tert-OH is 1. The van der Waals surface area contributed by atoms with Gasteiger partial charge in [0.1, 0.15) is 5.82 Å². The normalized spacial score (nSPS) is 15.7. The summed E-state index contributed by atoms with van der Waals surface area (Å²) in [5.74, 6) is -0.370. The molecule has 1 aromatic rings. The smallest absolute Gasteiger partial charge is 0.128 e. The Labute approximate surface area is 70.8 Å². The van der Waals surface area contributed by atoms with Gasteiger partial charge in [-0.2, -0.15) is 0 Å². The predicted octanol–water partition coefficient (Wildman–Crippen LogP) is 1.21. The summed E-state index contributed by atoms with van der Waals surface area (Å²) < 4.78 is 13.0. The molecule has 66 valence electrons. The lowest BCUT2D eigenvalue weighted by Gasteiger charge is -2.15. The molecule has 0 radical (unpaired) electrons. The van der Waals surface area contributed by atoms with Crippen molar-refractivity contribution in [3.63, 3.8) is 0 Å². The fourth-order valence-corrected chi connectivity index (χ4v) is 1.01. The minimum atomic E-state index is -0.734. The SMILES string of the molecule is C[C@@H](O)[C@H](N)c1ccccc1F. The van der Waals surface area contributed by atoms with E-state index in [-0.39, 0.29) is 5.82 Å². The maximum absolute atomic E-state index is 13.0. The van der Waals surface area contributed by atoms with Crippen LogP contribution in [0.1, 0.15) is 18.5 Å². The second-order valence-corrected chi connectivity index (χ2v) is 2.79. The average Bonchev–Trinajstić information content (AvgIpc) is 2.04. The van der Waals surface area contributed by atoms with E-state index in [4.69, 9.17) is 10.8 Å². The zero-order chi connectivity index (χ0) is 9.14. The molecule has 0 spiro atoms. The first kappa shape index (κ1) is 9.16. The number of halogens is 1. The first-order valence-electron chi connectivity index (χ1n) is 3.81. The van der Waals surface area contributed by atoms with Crippen LogP contribution in [-0.4, -0.2) is 11.2 Å². The molecule has 0 aromatic heterocycles. The van der Waals surface area contributed by atoms with Crippen LogP contribution in [0, 0.1) is 5.82 Å². The molecule has 0 fully saturated rings. The molecule has 0 amide bonds. The first-order valence-corrected chi connectivity index (χ1v) is 3.81. The number of nitrogens with two attached hydrogens (primary N) is 1. The molecule has 0 saturated carbocycles. The highest BCUT2D eigenvalue weighted by Crippen LogP contribution is 2.16. The van der Waals surface area contributed by atoms with Crippen molar-refractivity contribution in [3.05, 3.63) is 35.6 Å². The van der Waals surface area contributed by atoms with Crippen LogP contribution < -0.4 is 5.73 Å². The lowest BCUT2D eigenvalue weighted by atomic mass is 10.0. The summed E-state index contributed by atoms with van der Waals surface area (Å²) in [6, 6.07) is 5.55. The average molecular weight is 169 g/mol. The summed E-state index contributed by atoms with van der Waals surface area (Å²) in [6.07, 6.45) is -0.734. The molecule has 0 unspecified atom stereocenters. The Bertz CT molecular complexity index is 262. The molecule has 0 saturated heterocycles. The van der Waals surface area contributed by atoms with E-state index in [1.54, 1.807) is 18.2 Å².